The number of benzene rings is 3. The summed E-state index contributed by atoms with van der Waals surface area (Å²) in [7, 11) is 1.63. The van der Waals surface area contributed by atoms with Crippen molar-refractivity contribution in [2.45, 2.75) is 21.0 Å². The third-order valence-electron chi connectivity index (χ3n) is 6.05. The van der Waals surface area contributed by atoms with E-state index in [4.69, 9.17) is 4.74 Å². The largest absolute Gasteiger partial charge is 0.507 e. The normalized spacial score (nSPS) is 16.7. The monoisotopic (exact) mass is 561 g/mol. The summed E-state index contributed by atoms with van der Waals surface area (Å²) in [5.41, 5.74) is 2.27. The highest BCUT2D eigenvalue weighted by atomic mass is 32.2. The van der Waals surface area contributed by atoms with E-state index in [2.05, 4.69) is 10.2 Å². The predicted molar refractivity (Wildman–Crippen MR) is 152 cm³/mol. The molecule has 0 spiro atoms. The zero-order valence-corrected chi connectivity index (χ0v) is 23.0. The zero-order valence-electron chi connectivity index (χ0n) is 20.5. The number of nitrogens with zero attached hydrogens (tertiary/aromatic N) is 3. The lowest BCUT2D eigenvalue weighted by atomic mass is 9.95. The van der Waals surface area contributed by atoms with Gasteiger partial charge in [-0.15, -0.1) is 22.0 Å². The summed E-state index contributed by atoms with van der Waals surface area (Å²) in [5.74, 6) is -0.278. The van der Waals surface area contributed by atoms with E-state index in [-0.39, 0.29) is 11.3 Å². The van der Waals surface area contributed by atoms with Gasteiger partial charge in [-0.25, -0.2) is 0 Å². The number of carbonyl (C=O) groups excluding carboxylic acids is 2. The number of aromatic nitrogens is 2. The van der Waals surface area contributed by atoms with Gasteiger partial charge in [-0.05, 0) is 41.6 Å². The van der Waals surface area contributed by atoms with Gasteiger partial charge >= 0.3 is 5.91 Å². The van der Waals surface area contributed by atoms with Gasteiger partial charge in [0, 0.05) is 16.2 Å². The van der Waals surface area contributed by atoms with Crippen LogP contribution in [0.4, 0.5) is 5.13 Å². The Bertz CT molecular complexity index is 1490. The number of hydrogen-bond acceptors (Lipinski definition) is 9. The van der Waals surface area contributed by atoms with Crippen molar-refractivity contribution >= 4 is 57.4 Å². The van der Waals surface area contributed by atoms with Crippen molar-refractivity contribution in [1.29, 1.82) is 0 Å². The highest BCUT2D eigenvalue weighted by Crippen LogP contribution is 2.44. The van der Waals surface area contributed by atoms with Crippen molar-refractivity contribution in [2.75, 3.05) is 18.3 Å². The highest BCUT2D eigenvalue weighted by molar-refractivity contribution is 8.00. The lowest BCUT2D eigenvalue weighted by Crippen LogP contribution is -2.29. The number of ketones is 1. The van der Waals surface area contributed by atoms with Gasteiger partial charge in [-0.3, -0.25) is 14.5 Å². The molecule has 7 nitrogen and oxygen atoms in total. The van der Waals surface area contributed by atoms with Gasteiger partial charge in [0.1, 0.15) is 11.5 Å². The second-order valence-electron chi connectivity index (χ2n) is 8.30. The Hall–Kier alpha value is -3.60. The highest BCUT2D eigenvalue weighted by Gasteiger charge is 2.48. The first-order valence-electron chi connectivity index (χ1n) is 11.6. The standard InChI is InChI=1S/C28H23N3O4S3/c1-35-20-12-8-17(9-13-20)16-37-28-30-29-27(38-28)31-23(18-10-14-21(36-2)15-11-18)22(25(33)26(31)34)24(32)19-6-4-3-5-7-19/h3-15,23,32H,16H2,1-2H3/b24-22+. The van der Waals surface area contributed by atoms with Crippen LogP contribution in [0.2, 0.25) is 0 Å². The number of aliphatic hydroxyl groups excluding tert-OH is 1. The van der Waals surface area contributed by atoms with E-state index >= 15 is 0 Å². The predicted octanol–water partition coefficient (Wildman–Crippen LogP) is 6.19. The van der Waals surface area contributed by atoms with E-state index in [1.807, 2.05) is 60.9 Å². The number of anilines is 1. The van der Waals surface area contributed by atoms with Crippen LogP contribution >= 0.6 is 34.9 Å². The number of carbonyl (C=O) groups is 2. The second-order valence-corrected chi connectivity index (χ2v) is 11.4. The van der Waals surface area contributed by atoms with Gasteiger partial charge in [0.2, 0.25) is 5.13 Å². The first-order valence-corrected chi connectivity index (χ1v) is 14.6. The number of rotatable bonds is 8. The number of hydrogen-bond donors (Lipinski definition) is 1. The first-order chi connectivity index (χ1) is 18.5. The number of Topliss-reactive ketones (excluding diaryl/α,β-unsaturated/α-hetero) is 1. The summed E-state index contributed by atoms with van der Waals surface area (Å²) >= 11 is 4.32. The molecule has 1 N–H and O–H groups in total. The minimum absolute atomic E-state index is 0.0285. The van der Waals surface area contributed by atoms with Gasteiger partial charge in [0.15, 0.2) is 4.34 Å². The maximum Gasteiger partial charge on any atom is 0.301 e. The van der Waals surface area contributed by atoms with Crippen LogP contribution < -0.4 is 9.64 Å². The fraction of sp³-hybridized carbons (Fsp3) is 0.143. The Morgan fingerprint density at radius 2 is 1.71 bits per heavy atom. The molecule has 1 saturated heterocycles. The maximum absolute atomic E-state index is 13.4. The molecule has 0 radical (unpaired) electrons. The molecule has 2 heterocycles. The van der Waals surface area contributed by atoms with Crippen LogP contribution in [0.1, 0.15) is 22.7 Å². The third-order valence-corrected chi connectivity index (χ3v) is 8.92. The lowest BCUT2D eigenvalue weighted by molar-refractivity contribution is -0.132. The van der Waals surface area contributed by atoms with E-state index in [0.29, 0.717) is 26.4 Å². The van der Waals surface area contributed by atoms with Crippen LogP contribution in [-0.4, -0.2) is 40.4 Å². The molecule has 3 aromatic carbocycles. The quantitative estimate of drug-likeness (QED) is 0.0896. The Kier molecular flexibility index (Phi) is 7.82. The molecule has 10 heteroatoms. The number of amides is 1. The summed E-state index contributed by atoms with van der Waals surface area (Å²) in [4.78, 5) is 29.1. The molecule has 1 aliphatic rings. The molecule has 1 fully saturated rings. The topological polar surface area (TPSA) is 92.6 Å². The zero-order chi connectivity index (χ0) is 26.6. The molecule has 0 saturated carbocycles. The number of methoxy groups -OCH3 is 1. The van der Waals surface area contributed by atoms with E-state index in [9.17, 15) is 14.7 Å². The van der Waals surface area contributed by atoms with Gasteiger partial charge in [0.25, 0.3) is 5.78 Å². The van der Waals surface area contributed by atoms with Crippen molar-refractivity contribution in [3.63, 3.8) is 0 Å². The number of thioether (sulfide) groups is 2. The number of aliphatic hydroxyl groups is 1. The molecule has 1 atom stereocenters. The van der Waals surface area contributed by atoms with E-state index in [1.54, 1.807) is 43.1 Å². The van der Waals surface area contributed by atoms with Crippen molar-refractivity contribution in [3.8, 4) is 5.75 Å². The molecule has 0 bridgehead atoms. The van der Waals surface area contributed by atoms with Gasteiger partial charge in [0.05, 0.1) is 18.7 Å². The van der Waals surface area contributed by atoms with Crippen LogP contribution in [-0.2, 0) is 15.3 Å². The molecular weight excluding hydrogens is 539 g/mol. The molecule has 38 heavy (non-hydrogen) atoms. The third kappa shape index (κ3) is 5.20. The van der Waals surface area contributed by atoms with Crippen LogP contribution in [0, 0.1) is 0 Å². The summed E-state index contributed by atoms with van der Waals surface area (Å²) < 4.78 is 5.87. The van der Waals surface area contributed by atoms with Gasteiger partial charge in [-0.2, -0.15) is 0 Å². The smallest absolute Gasteiger partial charge is 0.301 e. The lowest BCUT2D eigenvalue weighted by Gasteiger charge is -2.22. The molecule has 1 amide bonds. The average molecular weight is 562 g/mol. The Labute approximate surface area is 232 Å². The van der Waals surface area contributed by atoms with Crippen molar-refractivity contribution in [2.24, 2.45) is 0 Å². The molecule has 4 aromatic rings. The Morgan fingerprint density at radius 1 is 1.00 bits per heavy atom. The fourth-order valence-corrected chi connectivity index (χ4v) is 6.34. The summed E-state index contributed by atoms with van der Waals surface area (Å²) in [6.45, 7) is 0. The SMILES string of the molecule is COc1ccc(CSc2nnc(N3C(=O)C(=O)/C(=C(/O)c4ccccc4)C3c3ccc(SC)cc3)s2)cc1. The van der Waals surface area contributed by atoms with E-state index < -0.39 is 17.7 Å². The van der Waals surface area contributed by atoms with E-state index in [0.717, 1.165) is 16.2 Å². The molecule has 1 unspecified atom stereocenters. The summed E-state index contributed by atoms with van der Waals surface area (Å²) in [6, 6.07) is 23.3. The summed E-state index contributed by atoms with van der Waals surface area (Å²) in [6.07, 6.45) is 1.98. The van der Waals surface area contributed by atoms with E-state index in [1.165, 1.54) is 28.0 Å². The fourth-order valence-electron chi connectivity index (χ4n) is 4.11. The molecule has 0 aliphatic carbocycles. The van der Waals surface area contributed by atoms with Gasteiger partial charge < -0.3 is 9.84 Å². The molecule has 5 rings (SSSR count). The van der Waals surface area contributed by atoms with Crippen LogP contribution in [0.5, 0.6) is 5.75 Å². The minimum atomic E-state index is -0.835. The summed E-state index contributed by atoms with van der Waals surface area (Å²) in [5, 5.41) is 20.0. The van der Waals surface area contributed by atoms with Crippen molar-refractivity contribution in [3.05, 3.63) is 101 Å². The average Bonchev–Trinajstić information content (AvgIpc) is 3.54. The molecule has 192 valence electrons. The molecular formula is C28H23N3O4S3. The van der Waals surface area contributed by atoms with Crippen molar-refractivity contribution < 1.29 is 19.4 Å². The number of ether oxygens (including phenoxy) is 1. The second kappa shape index (κ2) is 11.4. The van der Waals surface area contributed by atoms with Crippen LogP contribution in [0.25, 0.3) is 5.76 Å². The maximum atomic E-state index is 13.4. The minimum Gasteiger partial charge on any atom is -0.507 e. The molecule has 1 aliphatic heterocycles. The van der Waals surface area contributed by atoms with Gasteiger partial charge in [-0.1, -0.05) is 77.7 Å². The van der Waals surface area contributed by atoms with Crippen LogP contribution in [0.15, 0.2) is 93.7 Å². The van der Waals surface area contributed by atoms with Crippen molar-refractivity contribution in [1.82, 2.24) is 10.2 Å². The Morgan fingerprint density at radius 3 is 2.37 bits per heavy atom. The van der Waals surface area contributed by atoms with Crippen LogP contribution in [0.3, 0.4) is 0 Å². The first kappa shape index (κ1) is 26.0. The molecule has 1 aromatic heterocycles. The Balaban J connectivity index is 1.50.